The van der Waals surface area contributed by atoms with Crippen LogP contribution in [0.1, 0.15) is 34.9 Å². The molecule has 6 heteroatoms. The number of thiazole rings is 1. The van der Waals surface area contributed by atoms with E-state index in [9.17, 15) is 0 Å². The van der Waals surface area contributed by atoms with Crippen molar-refractivity contribution in [3.8, 4) is 11.1 Å². The summed E-state index contributed by atoms with van der Waals surface area (Å²) in [6, 6.07) is 8.74. The molecular weight excluding hydrogens is 354 g/mol. The van der Waals surface area contributed by atoms with Gasteiger partial charge in [0.25, 0.3) is 0 Å². The number of rotatable bonds is 5. The SMILES string of the molecule is Cc1ccc(-c2cn[nH]c2[C@@H]2CCCN(Cc3cnc(N(C)C)s3)C2)cc1. The zero-order chi connectivity index (χ0) is 18.8. The van der Waals surface area contributed by atoms with Crippen molar-refractivity contribution >= 4 is 16.5 Å². The number of hydrogen-bond acceptors (Lipinski definition) is 5. The molecule has 27 heavy (non-hydrogen) atoms. The Balaban J connectivity index is 1.48. The molecule has 142 valence electrons. The first kappa shape index (κ1) is 18.2. The van der Waals surface area contributed by atoms with Crippen LogP contribution in [-0.4, -0.2) is 47.3 Å². The molecule has 0 spiro atoms. The van der Waals surface area contributed by atoms with E-state index in [4.69, 9.17) is 0 Å². The van der Waals surface area contributed by atoms with Crippen molar-refractivity contribution in [3.05, 3.63) is 52.8 Å². The standard InChI is InChI=1S/C21H27N5S/c1-15-6-8-16(9-7-15)19-12-23-24-20(19)17-5-4-10-26(13-17)14-18-11-22-21(27-18)25(2)3/h6-9,11-12,17H,4-5,10,13-14H2,1-3H3,(H,23,24)/t17-/m1/s1. The largest absolute Gasteiger partial charge is 0.354 e. The molecule has 3 aromatic rings. The quantitative estimate of drug-likeness (QED) is 0.716. The van der Waals surface area contributed by atoms with Crippen LogP contribution in [0.5, 0.6) is 0 Å². The molecule has 2 aromatic heterocycles. The normalized spacial score (nSPS) is 18.0. The number of piperidine rings is 1. The van der Waals surface area contributed by atoms with Gasteiger partial charge in [-0.1, -0.05) is 29.8 Å². The summed E-state index contributed by atoms with van der Waals surface area (Å²) >= 11 is 1.79. The zero-order valence-electron chi connectivity index (χ0n) is 16.3. The first-order chi connectivity index (χ1) is 13.1. The van der Waals surface area contributed by atoms with Crippen LogP contribution >= 0.6 is 11.3 Å². The molecule has 0 unspecified atom stereocenters. The Labute approximate surface area is 165 Å². The topological polar surface area (TPSA) is 48.1 Å². The Bertz CT molecular complexity index is 880. The average molecular weight is 382 g/mol. The number of hydrogen-bond donors (Lipinski definition) is 1. The van der Waals surface area contributed by atoms with Gasteiger partial charge in [0.15, 0.2) is 5.13 Å². The molecule has 1 atom stereocenters. The molecule has 0 bridgehead atoms. The summed E-state index contributed by atoms with van der Waals surface area (Å²) in [6.07, 6.45) is 6.43. The van der Waals surface area contributed by atoms with Crippen LogP contribution in [0.2, 0.25) is 0 Å². The number of nitrogens with zero attached hydrogens (tertiary/aromatic N) is 4. The fourth-order valence-electron chi connectivity index (χ4n) is 3.80. The van der Waals surface area contributed by atoms with Crippen LogP contribution in [0.25, 0.3) is 11.1 Å². The summed E-state index contributed by atoms with van der Waals surface area (Å²) in [5.41, 5.74) is 5.06. The minimum absolute atomic E-state index is 0.499. The number of H-pyrrole nitrogens is 1. The lowest BCUT2D eigenvalue weighted by Crippen LogP contribution is -2.34. The highest BCUT2D eigenvalue weighted by Crippen LogP contribution is 2.34. The van der Waals surface area contributed by atoms with Gasteiger partial charge in [-0.25, -0.2) is 4.98 Å². The lowest BCUT2D eigenvalue weighted by atomic mass is 9.90. The second-order valence-corrected chi connectivity index (χ2v) is 8.73. The number of nitrogens with one attached hydrogen (secondary N) is 1. The van der Waals surface area contributed by atoms with E-state index in [0.29, 0.717) is 5.92 Å². The van der Waals surface area contributed by atoms with Gasteiger partial charge in [-0.05, 0) is 31.9 Å². The van der Waals surface area contributed by atoms with Gasteiger partial charge in [0.2, 0.25) is 0 Å². The van der Waals surface area contributed by atoms with Crippen LogP contribution in [-0.2, 0) is 6.54 Å². The number of benzene rings is 1. The van der Waals surface area contributed by atoms with Crippen molar-refractivity contribution in [1.82, 2.24) is 20.1 Å². The smallest absolute Gasteiger partial charge is 0.185 e. The van der Waals surface area contributed by atoms with E-state index in [2.05, 4.69) is 56.2 Å². The average Bonchev–Trinajstić information content (AvgIpc) is 3.32. The summed E-state index contributed by atoms with van der Waals surface area (Å²) in [4.78, 5) is 10.5. The number of aryl methyl sites for hydroxylation is 1. The van der Waals surface area contributed by atoms with Crippen molar-refractivity contribution in [2.24, 2.45) is 0 Å². The molecule has 1 saturated heterocycles. The molecule has 1 aliphatic rings. The maximum Gasteiger partial charge on any atom is 0.185 e. The zero-order valence-corrected chi connectivity index (χ0v) is 17.1. The number of aromatic nitrogens is 3. The molecule has 3 heterocycles. The van der Waals surface area contributed by atoms with Gasteiger partial charge in [0.05, 0.1) is 6.20 Å². The fourth-order valence-corrected chi connectivity index (χ4v) is 4.68. The Morgan fingerprint density at radius 3 is 2.78 bits per heavy atom. The van der Waals surface area contributed by atoms with Crippen molar-refractivity contribution in [2.75, 3.05) is 32.1 Å². The predicted octanol–water partition coefficient (Wildman–Crippen LogP) is 4.29. The fraction of sp³-hybridized carbons (Fsp3) is 0.429. The van der Waals surface area contributed by atoms with E-state index in [0.717, 1.165) is 24.8 Å². The second kappa shape index (κ2) is 7.82. The third-order valence-electron chi connectivity index (χ3n) is 5.25. The van der Waals surface area contributed by atoms with Crippen LogP contribution < -0.4 is 4.90 Å². The molecule has 1 aromatic carbocycles. The molecule has 0 aliphatic carbocycles. The van der Waals surface area contributed by atoms with Gasteiger partial charge in [0, 0.05) is 55.4 Å². The van der Waals surface area contributed by atoms with Crippen molar-refractivity contribution in [2.45, 2.75) is 32.2 Å². The maximum absolute atomic E-state index is 4.51. The van der Waals surface area contributed by atoms with Gasteiger partial charge < -0.3 is 4.90 Å². The number of likely N-dealkylation sites (tertiary alicyclic amines) is 1. The summed E-state index contributed by atoms with van der Waals surface area (Å²) in [5, 5.41) is 8.75. The Morgan fingerprint density at radius 1 is 1.22 bits per heavy atom. The van der Waals surface area contributed by atoms with Crippen LogP contribution in [0, 0.1) is 6.92 Å². The van der Waals surface area contributed by atoms with E-state index in [-0.39, 0.29) is 0 Å². The Morgan fingerprint density at radius 2 is 2.04 bits per heavy atom. The van der Waals surface area contributed by atoms with Gasteiger partial charge in [-0.15, -0.1) is 11.3 Å². The molecule has 4 rings (SSSR count). The molecule has 0 radical (unpaired) electrons. The van der Waals surface area contributed by atoms with Gasteiger partial charge in [-0.2, -0.15) is 5.10 Å². The molecule has 0 amide bonds. The third kappa shape index (κ3) is 4.06. The first-order valence-corrected chi connectivity index (χ1v) is 10.4. The van der Waals surface area contributed by atoms with Crippen LogP contribution in [0.4, 0.5) is 5.13 Å². The van der Waals surface area contributed by atoms with E-state index in [1.807, 2.05) is 26.5 Å². The summed E-state index contributed by atoms with van der Waals surface area (Å²) in [5.74, 6) is 0.499. The van der Waals surface area contributed by atoms with E-state index in [1.165, 1.54) is 40.1 Å². The lowest BCUT2D eigenvalue weighted by molar-refractivity contribution is 0.200. The second-order valence-electron chi connectivity index (χ2n) is 7.64. The van der Waals surface area contributed by atoms with Crippen molar-refractivity contribution < 1.29 is 0 Å². The third-order valence-corrected chi connectivity index (χ3v) is 6.40. The monoisotopic (exact) mass is 381 g/mol. The number of aromatic amines is 1. The Hall–Kier alpha value is -2.18. The van der Waals surface area contributed by atoms with Crippen LogP contribution in [0.15, 0.2) is 36.7 Å². The first-order valence-electron chi connectivity index (χ1n) is 9.55. The van der Waals surface area contributed by atoms with E-state index < -0.39 is 0 Å². The van der Waals surface area contributed by atoms with E-state index >= 15 is 0 Å². The molecule has 1 fully saturated rings. The molecular formula is C21H27N5S. The number of anilines is 1. The van der Waals surface area contributed by atoms with E-state index in [1.54, 1.807) is 11.3 Å². The highest BCUT2D eigenvalue weighted by Gasteiger charge is 2.25. The molecule has 1 N–H and O–H groups in total. The summed E-state index contributed by atoms with van der Waals surface area (Å²) in [7, 11) is 4.09. The summed E-state index contributed by atoms with van der Waals surface area (Å²) in [6.45, 7) is 5.33. The van der Waals surface area contributed by atoms with Crippen molar-refractivity contribution in [3.63, 3.8) is 0 Å². The van der Waals surface area contributed by atoms with Crippen LogP contribution in [0.3, 0.4) is 0 Å². The maximum atomic E-state index is 4.51. The Kier molecular flexibility index (Phi) is 5.27. The molecule has 1 aliphatic heterocycles. The molecule has 5 nitrogen and oxygen atoms in total. The predicted molar refractivity (Wildman–Crippen MR) is 112 cm³/mol. The summed E-state index contributed by atoms with van der Waals surface area (Å²) < 4.78 is 0. The van der Waals surface area contributed by atoms with Crippen molar-refractivity contribution in [1.29, 1.82) is 0 Å². The van der Waals surface area contributed by atoms with Gasteiger partial charge >= 0.3 is 0 Å². The van der Waals surface area contributed by atoms with Gasteiger partial charge in [0.1, 0.15) is 0 Å². The minimum Gasteiger partial charge on any atom is -0.354 e. The minimum atomic E-state index is 0.499. The highest BCUT2D eigenvalue weighted by molar-refractivity contribution is 7.15. The van der Waals surface area contributed by atoms with Gasteiger partial charge in [-0.3, -0.25) is 10.00 Å². The lowest BCUT2D eigenvalue weighted by Gasteiger charge is -2.32. The highest BCUT2D eigenvalue weighted by atomic mass is 32.1. The molecule has 0 saturated carbocycles.